The molecule has 4 nitrogen and oxygen atoms in total. The van der Waals surface area contributed by atoms with Crippen molar-refractivity contribution in [2.45, 2.75) is 5.92 Å². The first-order valence-corrected chi connectivity index (χ1v) is 5.94. The summed E-state index contributed by atoms with van der Waals surface area (Å²) in [4.78, 5) is 21.7. The SMILES string of the molecule is N#Cc1ccc(-c2ccc(C(C=O)C(=O)O)cc2)cc1. The highest BCUT2D eigenvalue weighted by molar-refractivity contribution is 5.93. The predicted octanol–water partition coefficient (Wildman–Crippen LogP) is 2.59. The highest BCUT2D eigenvalue weighted by Crippen LogP contribution is 2.22. The van der Waals surface area contributed by atoms with Crippen LogP contribution in [-0.2, 0) is 9.59 Å². The van der Waals surface area contributed by atoms with E-state index in [0.717, 1.165) is 11.1 Å². The third-order valence-electron chi connectivity index (χ3n) is 3.02. The summed E-state index contributed by atoms with van der Waals surface area (Å²) in [7, 11) is 0. The largest absolute Gasteiger partial charge is 0.480 e. The molecule has 2 aromatic rings. The number of carbonyl (C=O) groups is 2. The summed E-state index contributed by atoms with van der Waals surface area (Å²) in [6, 6.07) is 15.9. The molecule has 1 atom stereocenters. The number of nitriles is 1. The van der Waals surface area contributed by atoms with Crippen LogP contribution in [0, 0.1) is 11.3 Å². The van der Waals surface area contributed by atoms with Crippen LogP contribution in [0.15, 0.2) is 48.5 Å². The second kappa shape index (κ2) is 5.81. The van der Waals surface area contributed by atoms with Crippen molar-refractivity contribution in [3.8, 4) is 17.2 Å². The molecular weight excluding hydrogens is 254 g/mol. The number of aldehydes is 1. The Morgan fingerprint density at radius 1 is 1.05 bits per heavy atom. The van der Waals surface area contributed by atoms with Gasteiger partial charge in [-0.15, -0.1) is 0 Å². The first kappa shape index (κ1) is 13.5. The van der Waals surface area contributed by atoms with E-state index in [1.807, 2.05) is 18.2 Å². The third-order valence-corrected chi connectivity index (χ3v) is 3.02. The lowest BCUT2D eigenvalue weighted by Crippen LogP contribution is -2.12. The molecule has 2 rings (SSSR count). The molecule has 0 aliphatic heterocycles. The zero-order valence-corrected chi connectivity index (χ0v) is 10.5. The van der Waals surface area contributed by atoms with Gasteiger partial charge < -0.3 is 9.90 Å². The number of hydrogen-bond donors (Lipinski definition) is 1. The number of benzene rings is 2. The predicted molar refractivity (Wildman–Crippen MR) is 73.0 cm³/mol. The molecule has 0 heterocycles. The molecule has 4 heteroatoms. The maximum atomic E-state index is 10.9. The van der Waals surface area contributed by atoms with Gasteiger partial charge in [-0.3, -0.25) is 4.79 Å². The lowest BCUT2D eigenvalue weighted by atomic mass is 9.97. The minimum Gasteiger partial charge on any atom is -0.480 e. The summed E-state index contributed by atoms with van der Waals surface area (Å²) in [6.45, 7) is 0. The number of carboxylic acid groups (broad SMARTS) is 1. The van der Waals surface area contributed by atoms with Crippen LogP contribution in [0.5, 0.6) is 0 Å². The van der Waals surface area contributed by atoms with Gasteiger partial charge in [-0.25, -0.2) is 0 Å². The number of carbonyl (C=O) groups excluding carboxylic acids is 1. The molecule has 0 spiro atoms. The molecule has 0 saturated heterocycles. The Morgan fingerprint density at radius 3 is 1.95 bits per heavy atom. The Bertz CT molecular complexity index is 666. The molecule has 0 saturated carbocycles. The number of aliphatic carboxylic acids is 1. The second-order valence-corrected chi connectivity index (χ2v) is 4.26. The quantitative estimate of drug-likeness (QED) is 0.680. The minimum atomic E-state index is -1.16. The van der Waals surface area contributed by atoms with Crippen molar-refractivity contribution < 1.29 is 14.7 Å². The Balaban J connectivity index is 2.29. The fraction of sp³-hybridized carbons (Fsp3) is 0.0625. The third kappa shape index (κ3) is 2.73. The van der Waals surface area contributed by atoms with Crippen LogP contribution in [0.2, 0.25) is 0 Å². The normalized spacial score (nSPS) is 11.3. The van der Waals surface area contributed by atoms with E-state index in [2.05, 4.69) is 0 Å². The molecule has 0 amide bonds. The van der Waals surface area contributed by atoms with Crippen LogP contribution < -0.4 is 0 Å². The van der Waals surface area contributed by atoms with E-state index in [4.69, 9.17) is 10.4 Å². The average molecular weight is 265 g/mol. The molecule has 98 valence electrons. The lowest BCUT2D eigenvalue weighted by molar-refractivity contribution is -0.140. The molecule has 0 fully saturated rings. The van der Waals surface area contributed by atoms with Gasteiger partial charge in [0.05, 0.1) is 11.6 Å². The number of carboxylic acids is 1. The van der Waals surface area contributed by atoms with Crippen LogP contribution in [0.3, 0.4) is 0 Å². The van der Waals surface area contributed by atoms with Crippen molar-refractivity contribution in [3.05, 3.63) is 59.7 Å². The standard InChI is InChI=1S/C16H11NO3/c17-9-11-1-3-12(4-2-11)13-5-7-14(8-6-13)15(10-18)16(19)20/h1-8,10,15H,(H,19,20). The van der Waals surface area contributed by atoms with Crippen LogP contribution in [-0.4, -0.2) is 17.4 Å². The fourth-order valence-corrected chi connectivity index (χ4v) is 1.90. The number of nitrogens with zero attached hydrogens (tertiary/aromatic N) is 1. The molecular formula is C16H11NO3. The smallest absolute Gasteiger partial charge is 0.318 e. The molecule has 0 radical (unpaired) electrons. The van der Waals surface area contributed by atoms with Crippen LogP contribution in [0.4, 0.5) is 0 Å². The summed E-state index contributed by atoms with van der Waals surface area (Å²) in [5.74, 6) is -2.30. The van der Waals surface area contributed by atoms with E-state index in [1.165, 1.54) is 0 Å². The zero-order valence-electron chi connectivity index (χ0n) is 10.5. The van der Waals surface area contributed by atoms with Gasteiger partial charge in [-0.1, -0.05) is 36.4 Å². The van der Waals surface area contributed by atoms with Crippen molar-refractivity contribution in [2.75, 3.05) is 0 Å². The van der Waals surface area contributed by atoms with E-state index < -0.39 is 11.9 Å². The maximum Gasteiger partial charge on any atom is 0.318 e. The molecule has 2 aromatic carbocycles. The second-order valence-electron chi connectivity index (χ2n) is 4.26. The summed E-state index contributed by atoms with van der Waals surface area (Å²) >= 11 is 0. The summed E-state index contributed by atoms with van der Waals surface area (Å²) in [5.41, 5.74) is 2.85. The van der Waals surface area contributed by atoms with Crippen LogP contribution in [0.1, 0.15) is 17.0 Å². The highest BCUT2D eigenvalue weighted by Gasteiger charge is 2.18. The molecule has 0 aliphatic rings. The topological polar surface area (TPSA) is 78.2 Å². The summed E-state index contributed by atoms with van der Waals surface area (Å²) in [6.07, 6.45) is 0.416. The Hall–Kier alpha value is -2.93. The molecule has 0 aliphatic carbocycles. The van der Waals surface area contributed by atoms with E-state index >= 15 is 0 Å². The highest BCUT2D eigenvalue weighted by atomic mass is 16.4. The fourth-order valence-electron chi connectivity index (χ4n) is 1.90. The van der Waals surface area contributed by atoms with E-state index in [0.29, 0.717) is 17.4 Å². The van der Waals surface area contributed by atoms with Gasteiger partial charge in [0.25, 0.3) is 0 Å². The first-order chi connectivity index (χ1) is 9.65. The van der Waals surface area contributed by atoms with Gasteiger partial charge >= 0.3 is 5.97 Å². The van der Waals surface area contributed by atoms with E-state index in [9.17, 15) is 9.59 Å². The molecule has 0 aromatic heterocycles. The van der Waals surface area contributed by atoms with Crippen LogP contribution >= 0.6 is 0 Å². The van der Waals surface area contributed by atoms with Gasteiger partial charge in [0.15, 0.2) is 0 Å². The Morgan fingerprint density at radius 2 is 1.55 bits per heavy atom. The van der Waals surface area contributed by atoms with Crippen molar-refractivity contribution in [3.63, 3.8) is 0 Å². The van der Waals surface area contributed by atoms with Gasteiger partial charge in [0.1, 0.15) is 12.2 Å². The molecule has 20 heavy (non-hydrogen) atoms. The maximum absolute atomic E-state index is 10.9. The van der Waals surface area contributed by atoms with Crippen molar-refractivity contribution >= 4 is 12.3 Å². The summed E-state index contributed by atoms with van der Waals surface area (Å²) in [5, 5.41) is 17.6. The monoisotopic (exact) mass is 265 g/mol. The van der Waals surface area contributed by atoms with Crippen molar-refractivity contribution in [2.24, 2.45) is 0 Å². The number of rotatable bonds is 4. The van der Waals surface area contributed by atoms with Gasteiger partial charge in [0.2, 0.25) is 0 Å². The zero-order chi connectivity index (χ0) is 14.5. The first-order valence-electron chi connectivity index (χ1n) is 5.94. The molecule has 1 unspecified atom stereocenters. The lowest BCUT2D eigenvalue weighted by Gasteiger charge is -2.07. The average Bonchev–Trinajstić information content (AvgIpc) is 2.48. The summed E-state index contributed by atoms with van der Waals surface area (Å²) < 4.78 is 0. The molecule has 0 bridgehead atoms. The van der Waals surface area contributed by atoms with Crippen LogP contribution in [0.25, 0.3) is 11.1 Å². The van der Waals surface area contributed by atoms with E-state index in [-0.39, 0.29) is 0 Å². The minimum absolute atomic E-state index is 0.416. The van der Waals surface area contributed by atoms with Crippen molar-refractivity contribution in [1.29, 1.82) is 5.26 Å². The number of hydrogen-bond acceptors (Lipinski definition) is 3. The van der Waals surface area contributed by atoms with Crippen molar-refractivity contribution in [1.82, 2.24) is 0 Å². The van der Waals surface area contributed by atoms with Gasteiger partial charge in [0, 0.05) is 0 Å². The van der Waals surface area contributed by atoms with Gasteiger partial charge in [-0.2, -0.15) is 5.26 Å². The van der Waals surface area contributed by atoms with Gasteiger partial charge in [-0.05, 0) is 28.8 Å². The Kier molecular flexibility index (Phi) is 3.92. The van der Waals surface area contributed by atoms with E-state index in [1.54, 1.807) is 36.4 Å². The Labute approximate surface area is 115 Å². The molecule has 1 N–H and O–H groups in total.